The summed E-state index contributed by atoms with van der Waals surface area (Å²) in [6, 6.07) is 4.01. The van der Waals surface area contributed by atoms with Crippen LogP contribution < -0.4 is 5.32 Å². The third-order valence-electron chi connectivity index (χ3n) is 2.69. The first-order chi connectivity index (χ1) is 8.81. The van der Waals surface area contributed by atoms with Crippen LogP contribution in [0, 0.1) is 11.6 Å². The maximum absolute atomic E-state index is 13.7. The van der Waals surface area contributed by atoms with Gasteiger partial charge >= 0.3 is 0 Å². The van der Waals surface area contributed by atoms with Crippen molar-refractivity contribution in [2.75, 3.05) is 12.3 Å². The monoisotopic (exact) mass is 287 g/mol. The Hall–Kier alpha value is -0.610. The third-order valence-corrected chi connectivity index (χ3v) is 4.13. The summed E-state index contributed by atoms with van der Waals surface area (Å²) in [5.41, 5.74) is 0.571. The molecule has 1 rings (SSSR count). The fourth-order valence-electron chi connectivity index (χ4n) is 1.78. The van der Waals surface area contributed by atoms with Gasteiger partial charge in [0.1, 0.15) is 11.6 Å². The summed E-state index contributed by atoms with van der Waals surface area (Å²) in [7, 11) is 0. The molecule has 0 aliphatic rings. The molecule has 1 aromatic carbocycles. The van der Waals surface area contributed by atoms with Crippen molar-refractivity contribution in [3.05, 3.63) is 35.4 Å². The molecule has 0 amide bonds. The summed E-state index contributed by atoms with van der Waals surface area (Å²) in [5, 5.41) is 3.36. The minimum atomic E-state index is -0.523. The van der Waals surface area contributed by atoms with E-state index >= 15 is 0 Å². The van der Waals surface area contributed by atoms with Crippen LogP contribution in [0.25, 0.3) is 0 Å². The predicted octanol–water partition coefficient (Wildman–Crippen LogP) is 4.02. The Morgan fingerprint density at radius 1 is 1.26 bits per heavy atom. The molecule has 1 unspecified atom stereocenters. The van der Waals surface area contributed by atoms with Crippen LogP contribution in [-0.2, 0) is 6.42 Å². The van der Waals surface area contributed by atoms with Crippen LogP contribution in [0.1, 0.15) is 33.3 Å². The van der Waals surface area contributed by atoms with Crippen molar-refractivity contribution in [3.8, 4) is 0 Å². The summed E-state index contributed by atoms with van der Waals surface area (Å²) in [6.07, 6.45) is 0.586. The Balaban J connectivity index is 2.67. The van der Waals surface area contributed by atoms with E-state index in [4.69, 9.17) is 0 Å². The average Bonchev–Trinajstić information content (AvgIpc) is 2.28. The molecular formula is C15H23F2NS. The zero-order chi connectivity index (χ0) is 14.5. The van der Waals surface area contributed by atoms with Gasteiger partial charge in [0.15, 0.2) is 0 Å². The summed E-state index contributed by atoms with van der Waals surface area (Å²) >= 11 is 1.85. The molecule has 0 aromatic heterocycles. The number of nitrogens with one attached hydrogen (secondary N) is 1. The van der Waals surface area contributed by atoms with E-state index in [1.165, 1.54) is 12.1 Å². The average molecular weight is 287 g/mol. The second-order valence-corrected chi connectivity index (χ2v) is 7.46. The smallest absolute Gasteiger partial charge is 0.129 e. The lowest BCUT2D eigenvalue weighted by Crippen LogP contribution is -2.34. The van der Waals surface area contributed by atoms with Crippen LogP contribution in [0.2, 0.25) is 0 Å². The van der Waals surface area contributed by atoms with E-state index in [0.29, 0.717) is 12.0 Å². The van der Waals surface area contributed by atoms with Gasteiger partial charge in [-0.1, -0.05) is 33.8 Å². The molecule has 1 N–H and O–H groups in total. The summed E-state index contributed by atoms with van der Waals surface area (Å²) < 4.78 is 26.7. The number of hydrogen-bond acceptors (Lipinski definition) is 2. The van der Waals surface area contributed by atoms with Gasteiger partial charge < -0.3 is 5.32 Å². The standard InChI is InChI=1S/C15H23F2NS/c1-5-18-13(10-19-15(2,3)4)8-11-6-7-12(16)9-14(11)17/h6-7,9,13,18H,5,8,10H2,1-4H3. The Morgan fingerprint density at radius 3 is 2.47 bits per heavy atom. The fraction of sp³-hybridized carbons (Fsp3) is 0.600. The Bertz CT molecular complexity index is 402. The zero-order valence-electron chi connectivity index (χ0n) is 12.1. The van der Waals surface area contributed by atoms with Crippen molar-refractivity contribution >= 4 is 11.8 Å². The Kier molecular flexibility index (Phi) is 6.27. The van der Waals surface area contributed by atoms with Gasteiger partial charge in [-0.3, -0.25) is 0 Å². The van der Waals surface area contributed by atoms with Gasteiger partial charge in [-0.25, -0.2) is 8.78 Å². The van der Waals surface area contributed by atoms with E-state index in [0.717, 1.165) is 18.4 Å². The van der Waals surface area contributed by atoms with Gasteiger partial charge in [0.25, 0.3) is 0 Å². The molecule has 108 valence electrons. The number of benzene rings is 1. The van der Waals surface area contributed by atoms with E-state index in [9.17, 15) is 8.78 Å². The third kappa shape index (κ3) is 6.39. The first kappa shape index (κ1) is 16.4. The van der Waals surface area contributed by atoms with Gasteiger partial charge in [0, 0.05) is 22.6 Å². The van der Waals surface area contributed by atoms with Gasteiger partial charge in [-0.05, 0) is 24.6 Å². The van der Waals surface area contributed by atoms with E-state index < -0.39 is 11.6 Å². The summed E-state index contributed by atoms with van der Waals surface area (Å²) in [6.45, 7) is 9.38. The van der Waals surface area contributed by atoms with Gasteiger partial charge in [0.05, 0.1) is 0 Å². The molecular weight excluding hydrogens is 264 g/mol. The Morgan fingerprint density at radius 2 is 1.95 bits per heavy atom. The molecule has 0 radical (unpaired) electrons. The maximum atomic E-state index is 13.7. The highest BCUT2D eigenvalue weighted by molar-refractivity contribution is 8.00. The van der Waals surface area contributed by atoms with Crippen LogP contribution >= 0.6 is 11.8 Å². The van der Waals surface area contributed by atoms with Crippen LogP contribution in [0.4, 0.5) is 8.78 Å². The second kappa shape index (κ2) is 7.25. The zero-order valence-corrected chi connectivity index (χ0v) is 12.9. The molecule has 0 saturated heterocycles. The molecule has 19 heavy (non-hydrogen) atoms. The Labute approximate surface area is 119 Å². The highest BCUT2D eigenvalue weighted by Gasteiger charge is 2.17. The van der Waals surface area contributed by atoms with Gasteiger partial charge in [0.2, 0.25) is 0 Å². The quantitative estimate of drug-likeness (QED) is 0.848. The van der Waals surface area contributed by atoms with Crippen LogP contribution in [0.3, 0.4) is 0 Å². The van der Waals surface area contributed by atoms with E-state index in [-0.39, 0.29) is 10.8 Å². The molecule has 4 heteroatoms. The minimum absolute atomic E-state index is 0.189. The van der Waals surface area contributed by atoms with Crippen molar-refractivity contribution in [3.63, 3.8) is 0 Å². The highest BCUT2D eigenvalue weighted by atomic mass is 32.2. The summed E-state index contributed by atoms with van der Waals surface area (Å²) in [5.74, 6) is -0.0669. The maximum Gasteiger partial charge on any atom is 0.129 e. The first-order valence-corrected chi connectivity index (χ1v) is 7.61. The largest absolute Gasteiger partial charge is 0.313 e. The number of hydrogen-bond donors (Lipinski definition) is 1. The molecule has 1 aromatic rings. The molecule has 0 aliphatic heterocycles. The molecule has 0 spiro atoms. The van der Waals surface area contributed by atoms with Gasteiger partial charge in [-0.15, -0.1) is 0 Å². The predicted molar refractivity (Wildman–Crippen MR) is 79.7 cm³/mol. The van der Waals surface area contributed by atoms with Crippen LogP contribution in [0.15, 0.2) is 18.2 Å². The minimum Gasteiger partial charge on any atom is -0.313 e. The second-order valence-electron chi connectivity index (χ2n) is 5.62. The van der Waals surface area contributed by atoms with Crippen molar-refractivity contribution < 1.29 is 8.78 Å². The van der Waals surface area contributed by atoms with Crippen molar-refractivity contribution in [2.24, 2.45) is 0 Å². The lowest BCUT2D eigenvalue weighted by molar-refractivity contribution is 0.534. The molecule has 1 atom stereocenters. The lowest BCUT2D eigenvalue weighted by atomic mass is 10.1. The number of halogens is 2. The number of likely N-dealkylation sites (N-methyl/N-ethyl adjacent to an activating group) is 1. The highest BCUT2D eigenvalue weighted by Crippen LogP contribution is 2.24. The van der Waals surface area contributed by atoms with Crippen molar-refractivity contribution in [1.29, 1.82) is 0 Å². The normalized spacial score (nSPS) is 13.6. The molecule has 0 aliphatic carbocycles. The van der Waals surface area contributed by atoms with E-state index in [1.54, 1.807) is 0 Å². The van der Waals surface area contributed by atoms with E-state index in [2.05, 4.69) is 26.1 Å². The van der Waals surface area contributed by atoms with E-state index in [1.807, 2.05) is 18.7 Å². The summed E-state index contributed by atoms with van der Waals surface area (Å²) in [4.78, 5) is 0. The lowest BCUT2D eigenvalue weighted by Gasteiger charge is -2.23. The number of rotatable bonds is 6. The topological polar surface area (TPSA) is 12.0 Å². The SMILES string of the molecule is CCNC(CSC(C)(C)C)Cc1ccc(F)cc1F. The van der Waals surface area contributed by atoms with Gasteiger partial charge in [-0.2, -0.15) is 11.8 Å². The molecule has 1 nitrogen and oxygen atoms in total. The number of thioether (sulfide) groups is 1. The van der Waals surface area contributed by atoms with Crippen molar-refractivity contribution in [1.82, 2.24) is 5.32 Å². The van der Waals surface area contributed by atoms with Crippen LogP contribution in [0.5, 0.6) is 0 Å². The molecule has 0 heterocycles. The van der Waals surface area contributed by atoms with Crippen molar-refractivity contribution in [2.45, 2.75) is 44.9 Å². The molecule has 0 fully saturated rings. The van der Waals surface area contributed by atoms with Crippen LogP contribution in [-0.4, -0.2) is 23.1 Å². The molecule has 0 bridgehead atoms. The fourth-order valence-corrected chi connectivity index (χ4v) is 2.72. The first-order valence-electron chi connectivity index (χ1n) is 6.63. The molecule has 0 saturated carbocycles.